The Balaban J connectivity index is 1.40. The zero-order chi connectivity index (χ0) is 18.4. The lowest BCUT2D eigenvalue weighted by molar-refractivity contribution is 0.195. The van der Waals surface area contributed by atoms with Crippen LogP contribution in [0.3, 0.4) is 0 Å². The average Bonchev–Trinajstić information content (AvgIpc) is 3.26. The number of nitrogens with zero attached hydrogens (tertiary/aromatic N) is 2. The number of sulfonamides is 1. The standard InChI is InChI=1S/C21H30N2O2S2/c24-27(25,15-16-6-7-16)23-13-18-12-22(19-8-10-26-11-9-19)14-20(18)21(23)17-4-2-1-3-5-17/h1-5,16,18-21H,6-15H2/t18-,20-,21+/m0/s1. The van der Waals surface area contributed by atoms with Crippen molar-refractivity contribution in [3.63, 3.8) is 0 Å². The summed E-state index contributed by atoms with van der Waals surface area (Å²) in [6.07, 6.45) is 4.76. The van der Waals surface area contributed by atoms with Crippen molar-refractivity contribution in [2.75, 3.05) is 36.9 Å². The summed E-state index contributed by atoms with van der Waals surface area (Å²) in [4.78, 5) is 2.69. The lowest BCUT2D eigenvalue weighted by atomic mass is 9.90. The van der Waals surface area contributed by atoms with Crippen LogP contribution in [0.15, 0.2) is 30.3 Å². The van der Waals surface area contributed by atoms with Gasteiger partial charge in [-0.05, 0) is 60.5 Å². The van der Waals surface area contributed by atoms with Crippen LogP contribution in [0, 0.1) is 17.8 Å². The molecule has 27 heavy (non-hydrogen) atoms. The van der Waals surface area contributed by atoms with Gasteiger partial charge in [0, 0.05) is 25.7 Å². The van der Waals surface area contributed by atoms with Crippen molar-refractivity contribution in [1.29, 1.82) is 0 Å². The van der Waals surface area contributed by atoms with Crippen LogP contribution >= 0.6 is 11.8 Å². The zero-order valence-corrected chi connectivity index (χ0v) is 17.5. The topological polar surface area (TPSA) is 40.6 Å². The molecule has 0 spiro atoms. The molecule has 1 aromatic carbocycles. The van der Waals surface area contributed by atoms with Gasteiger partial charge in [-0.25, -0.2) is 8.42 Å². The molecule has 0 unspecified atom stereocenters. The normalized spacial score (nSPS) is 33.4. The molecule has 148 valence electrons. The number of hydrogen-bond donors (Lipinski definition) is 0. The fourth-order valence-corrected chi connectivity index (χ4v) is 8.66. The number of fused-ring (bicyclic) bond motifs is 1. The molecule has 6 heteroatoms. The first-order chi connectivity index (χ1) is 13.1. The highest BCUT2D eigenvalue weighted by Crippen LogP contribution is 2.48. The Kier molecular flexibility index (Phi) is 5.03. The SMILES string of the molecule is O=S(=O)(CC1CC1)N1C[C@@H]2CN(C3CCSCC3)C[C@@H]2[C@H]1c1ccccc1. The Morgan fingerprint density at radius 1 is 0.963 bits per heavy atom. The van der Waals surface area contributed by atoms with Gasteiger partial charge in [0.25, 0.3) is 0 Å². The predicted molar refractivity (Wildman–Crippen MR) is 111 cm³/mol. The van der Waals surface area contributed by atoms with Gasteiger partial charge in [0.2, 0.25) is 10.0 Å². The molecule has 0 aromatic heterocycles. The van der Waals surface area contributed by atoms with Gasteiger partial charge in [0.15, 0.2) is 0 Å². The molecule has 0 amide bonds. The molecule has 4 nitrogen and oxygen atoms in total. The second-order valence-electron chi connectivity index (χ2n) is 8.87. The fourth-order valence-electron chi connectivity index (χ4n) is 5.42. The Morgan fingerprint density at radius 2 is 1.70 bits per heavy atom. The van der Waals surface area contributed by atoms with E-state index in [0.29, 0.717) is 29.5 Å². The van der Waals surface area contributed by atoms with Crippen molar-refractivity contribution >= 4 is 21.8 Å². The van der Waals surface area contributed by atoms with E-state index in [0.717, 1.165) is 32.5 Å². The summed E-state index contributed by atoms with van der Waals surface area (Å²) in [5.41, 5.74) is 1.19. The van der Waals surface area contributed by atoms with E-state index in [4.69, 9.17) is 0 Å². The number of hydrogen-bond acceptors (Lipinski definition) is 4. The third kappa shape index (κ3) is 3.70. The maximum Gasteiger partial charge on any atom is 0.214 e. The number of rotatable bonds is 5. The zero-order valence-electron chi connectivity index (χ0n) is 15.9. The van der Waals surface area contributed by atoms with E-state index in [9.17, 15) is 8.42 Å². The molecule has 4 aliphatic rings. The Bertz CT molecular complexity index is 760. The highest BCUT2D eigenvalue weighted by molar-refractivity contribution is 7.99. The summed E-state index contributed by atoms with van der Waals surface area (Å²) in [7, 11) is -3.17. The molecule has 0 bridgehead atoms. The molecule has 5 rings (SSSR count). The van der Waals surface area contributed by atoms with Crippen LogP contribution in [0.4, 0.5) is 0 Å². The van der Waals surface area contributed by atoms with Crippen molar-refractivity contribution in [2.24, 2.45) is 17.8 Å². The minimum atomic E-state index is -3.17. The summed E-state index contributed by atoms with van der Waals surface area (Å²) >= 11 is 2.08. The maximum absolute atomic E-state index is 13.2. The second-order valence-corrected chi connectivity index (χ2v) is 12.1. The van der Waals surface area contributed by atoms with Gasteiger partial charge in [-0.2, -0.15) is 16.1 Å². The molecule has 4 fully saturated rings. The first kappa shape index (κ1) is 18.5. The third-order valence-electron chi connectivity index (χ3n) is 7.00. The lowest BCUT2D eigenvalue weighted by Gasteiger charge is -2.34. The minimum Gasteiger partial charge on any atom is -0.300 e. The summed E-state index contributed by atoms with van der Waals surface area (Å²) < 4.78 is 28.3. The quantitative estimate of drug-likeness (QED) is 0.753. The van der Waals surface area contributed by atoms with Crippen LogP contribution < -0.4 is 0 Å². The van der Waals surface area contributed by atoms with Crippen LogP contribution in [0.2, 0.25) is 0 Å². The summed E-state index contributed by atoms with van der Waals surface area (Å²) in [6, 6.07) is 11.1. The Hall–Kier alpha value is -0.560. The van der Waals surface area contributed by atoms with Gasteiger partial charge in [-0.3, -0.25) is 4.90 Å². The van der Waals surface area contributed by atoms with Crippen molar-refractivity contribution in [3.8, 4) is 0 Å². The lowest BCUT2D eigenvalue weighted by Crippen LogP contribution is -2.41. The first-order valence-electron chi connectivity index (χ1n) is 10.5. The molecular weight excluding hydrogens is 376 g/mol. The Labute approximate surface area is 167 Å². The van der Waals surface area contributed by atoms with E-state index in [1.165, 1.54) is 29.9 Å². The van der Waals surface area contributed by atoms with E-state index in [-0.39, 0.29) is 6.04 Å². The number of likely N-dealkylation sites (tertiary alicyclic amines) is 1. The van der Waals surface area contributed by atoms with Crippen LogP contribution in [0.1, 0.15) is 37.3 Å². The molecule has 3 saturated heterocycles. The van der Waals surface area contributed by atoms with Crippen molar-refractivity contribution in [2.45, 2.75) is 37.8 Å². The van der Waals surface area contributed by atoms with Crippen LogP contribution in [-0.2, 0) is 10.0 Å². The molecule has 1 aliphatic carbocycles. The first-order valence-corrected chi connectivity index (χ1v) is 13.2. The molecule has 0 N–H and O–H groups in total. The second kappa shape index (κ2) is 7.36. The van der Waals surface area contributed by atoms with Crippen molar-refractivity contribution in [3.05, 3.63) is 35.9 Å². The molecular formula is C21H30N2O2S2. The molecule has 3 heterocycles. The van der Waals surface area contributed by atoms with Crippen LogP contribution in [0.5, 0.6) is 0 Å². The van der Waals surface area contributed by atoms with Crippen LogP contribution in [0.25, 0.3) is 0 Å². The molecule has 3 atom stereocenters. The van der Waals surface area contributed by atoms with Gasteiger partial charge in [-0.15, -0.1) is 0 Å². The van der Waals surface area contributed by atoms with Crippen molar-refractivity contribution in [1.82, 2.24) is 9.21 Å². The van der Waals surface area contributed by atoms with Gasteiger partial charge in [-0.1, -0.05) is 30.3 Å². The maximum atomic E-state index is 13.2. The average molecular weight is 407 g/mol. The summed E-state index contributed by atoms with van der Waals surface area (Å²) in [5, 5.41) is 0. The van der Waals surface area contributed by atoms with Gasteiger partial charge < -0.3 is 0 Å². The highest BCUT2D eigenvalue weighted by atomic mass is 32.2. The van der Waals surface area contributed by atoms with E-state index >= 15 is 0 Å². The van der Waals surface area contributed by atoms with Crippen molar-refractivity contribution < 1.29 is 8.42 Å². The summed E-state index contributed by atoms with van der Waals surface area (Å²) in [5.74, 6) is 4.25. The van der Waals surface area contributed by atoms with E-state index in [1.807, 2.05) is 10.4 Å². The smallest absolute Gasteiger partial charge is 0.214 e. The van der Waals surface area contributed by atoms with E-state index in [1.54, 1.807) is 0 Å². The fraction of sp³-hybridized carbons (Fsp3) is 0.714. The third-order valence-corrected chi connectivity index (χ3v) is 10.0. The molecule has 1 saturated carbocycles. The summed E-state index contributed by atoms with van der Waals surface area (Å²) in [6.45, 7) is 2.87. The molecule has 0 radical (unpaired) electrons. The van der Waals surface area contributed by atoms with Gasteiger partial charge in [0.05, 0.1) is 11.8 Å². The van der Waals surface area contributed by atoms with Gasteiger partial charge >= 0.3 is 0 Å². The van der Waals surface area contributed by atoms with Gasteiger partial charge in [0.1, 0.15) is 0 Å². The predicted octanol–water partition coefficient (Wildman–Crippen LogP) is 3.23. The van der Waals surface area contributed by atoms with E-state index in [2.05, 4.69) is 40.9 Å². The molecule has 3 aliphatic heterocycles. The molecule has 1 aromatic rings. The van der Waals surface area contributed by atoms with Crippen LogP contribution in [-0.4, -0.2) is 60.6 Å². The highest BCUT2D eigenvalue weighted by Gasteiger charge is 2.52. The number of benzene rings is 1. The largest absolute Gasteiger partial charge is 0.300 e. The number of thioether (sulfide) groups is 1. The van der Waals surface area contributed by atoms with E-state index < -0.39 is 10.0 Å². The Morgan fingerprint density at radius 3 is 2.41 bits per heavy atom. The monoisotopic (exact) mass is 406 g/mol. The minimum absolute atomic E-state index is 0.0305.